The van der Waals surface area contributed by atoms with E-state index in [2.05, 4.69) is 25.5 Å². The minimum atomic E-state index is 0.0673. The zero-order chi connectivity index (χ0) is 17.3. The molecule has 0 amide bonds. The van der Waals surface area contributed by atoms with Gasteiger partial charge >= 0.3 is 0 Å². The summed E-state index contributed by atoms with van der Waals surface area (Å²) in [6, 6.07) is 2.05. The Kier molecular flexibility index (Phi) is 7.26. The van der Waals surface area contributed by atoms with Gasteiger partial charge in [0.15, 0.2) is 0 Å². The van der Waals surface area contributed by atoms with E-state index in [4.69, 9.17) is 9.84 Å². The van der Waals surface area contributed by atoms with E-state index in [9.17, 15) is 0 Å². The zero-order valence-electron chi connectivity index (χ0n) is 15.0. The van der Waals surface area contributed by atoms with E-state index in [1.807, 2.05) is 6.07 Å². The molecule has 0 spiro atoms. The highest BCUT2D eigenvalue weighted by atomic mass is 16.5. The van der Waals surface area contributed by atoms with Crippen LogP contribution in [0.4, 0.5) is 11.8 Å². The van der Waals surface area contributed by atoms with E-state index in [1.165, 1.54) is 38.8 Å². The first-order chi connectivity index (χ1) is 12.3. The summed E-state index contributed by atoms with van der Waals surface area (Å²) in [6.07, 6.45) is 6.36. The predicted molar refractivity (Wildman–Crippen MR) is 99.2 cm³/mol. The molecule has 3 N–H and O–H groups in total. The number of nitrogens with zero attached hydrogens (tertiary/aromatic N) is 3. The molecular formula is C18H31N5O2. The van der Waals surface area contributed by atoms with Gasteiger partial charge in [0.1, 0.15) is 5.82 Å². The van der Waals surface area contributed by atoms with E-state index in [0.717, 1.165) is 44.2 Å². The summed E-state index contributed by atoms with van der Waals surface area (Å²) in [6.45, 7) is 6.40. The molecule has 25 heavy (non-hydrogen) atoms. The van der Waals surface area contributed by atoms with Crippen LogP contribution in [0.1, 0.15) is 43.7 Å². The van der Waals surface area contributed by atoms with Gasteiger partial charge < -0.3 is 25.4 Å². The number of hydrogen-bond acceptors (Lipinski definition) is 7. The monoisotopic (exact) mass is 349 g/mol. The van der Waals surface area contributed by atoms with Crippen molar-refractivity contribution in [3.8, 4) is 0 Å². The maximum atomic E-state index is 9.03. The third-order valence-electron chi connectivity index (χ3n) is 4.92. The summed E-state index contributed by atoms with van der Waals surface area (Å²) in [7, 11) is 0. The summed E-state index contributed by atoms with van der Waals surface area (Å²) in [5.74, 6) is 1.77. The molecule has 0 unspecified atom stereocenters. The van der Waals surface area contributed by atoms with Crippen molar-refractivity contribution in [3.63, 3.8) is 0 Å². The van der Waals surface area contributed by atoms with Gasteiger partial charge in [-0.25, -0.2) is 4.98 Å². The molecule has 140 valence electrons. The number of aliphatic hydroxyl groups is 1. The Balaban J connectivity index is 1.59. The number of hydrogen-bond donors (Lipinski definition) is 3. The van der Waals surface area contributed by atoms with Crippen LogP contribution in [0.3, 0.4) is 0 Å². The highest BCUT2D eigenvalue weighted by Crippen LogP contribution is 2.26. The van der Waals surface area contributed by atoms with Gasteiger partial charge in [0.25, 0.3) is 0 Å². The van der Waals surface area contributed by atoms with Gasteiger partial charge in [0, 0.05) is 38.2 Å². The van der Waals surface area contributed by atoms with E-state index < -0.39 is 0 Å². The highest BCUT2D eigenvalue weighted by Gasteiger charge is 2.20. The highest BCUT2D eigenvalue weighted by molar-refractivity contribution is 5.43. The van der Waals surface area contributed by atoms with Crippen LogP contribution >= 0.6 is 0 Å². The van der Waals surface area contributed by atoms with Crippen LogP contribution in [0.15, 0.2) is 6.07 Å². The lowest BCUT2D eigenvalue weighted by atomic mass is 10.0. The van der Waals surface area contributed by atoms with Gasteiger partial charge in [-0.05, 0) is 32.4 Å². The van der Waals surface area contributed by atoms with Gasteiger partial charge in [-0.2, -0.15) is 4.98 Å². The molecule has 3 heterocycles. The van der Waals surface area contributed by atoms with E-state index in [0.29, 0.717) is 18.4 Å². The second kappa shape index (κ2) is 9.89. The van der Waals surface area contributed by atoms with Crippen molar-refractivity contribution in [1.82, 2.24) is 14.9 Å². The van der Waals surface area contributed by atoms with Gasteiger partial charge in [-0.1, -0.05) is 12.8 Å². The molecule has 1 aromatic heterocycles. The fraction of sp³-hybridized carbons (Fsp3) is 0.778. The molecule has 2 fully saturated rings. The van der Waals surface area contributed by atoms with Crippen LogP contribution in [0, 0.1) is 0 Å². The molecule has 2 aliphatic heterocycles. The summed E-state index contributed by atoms with van der Waals surface area (Å²) < 4.78 is 5.50. The second-order valence-corrected chi connectivity index (χ2v) is 6.90. The molecular weight excluding hydrogens is 318 g/mol. The molecule has 1 aromatic rings. The number of aromatic nitrogens is 2. The summed E-state index contributed by atoms with van der Waals surface area (Å²) in [4.78, 5) is 11.7. The predicted octanol–water partition coefficient (Wildman–Crippen LogP) is 1.67. The molecule has 0 bridgehead atoms. The van der Waals surface area contributed by atoms with Crippen LogP contribution in [0.5, 0.6) is 0 Å². The standard InChI is InChI=1S/C18H31N5O2/c24-11-7-20-18-21-16(15-5-12-25-14-15)13-17(22-18)19-6-10-23-8-3-1-2-4-9-23/h13,15,24H,1-12,14H2,(H2,19,20,21,22)/t15-/m1/s1. The van der Waals surface area contributed by atoms with Crippen molar-refractivity contribution >= 4 is 11.8 Å². The minimum Gasteiger partial charge on any atom is -0.395 e. The Labute approximate surface area is 150 Å². The number of aliphatic hydroxyl groups excluding tert-OH is 1. The Morgan fingerprint density at radius 1 is 1.12 bits per heavy atom. The number of ether oxygens (including phenoxy) is 1. The van der Waals surface area contributed by atoms with Gasteiger partial charge in [-0.3, -0.25) is 0 Å². The lowest BCUT2D eigenvalue weighted by Gasteiger charge is -2.20. The van der Waals surface area contributed by atoms with Crippen molar-refractivity contribution in [2.45, 2.75) is 38.0 Å². The van der Waals surface area contributed by atoms with Crippen molar-refractivity contribution in [1.29, 1.82) is 0 Å². The minimum absolute atomic E-state index is 0.0673. The molecule has 0 radical (unpaired) electrons. The number of nitrogens with one attached hydrogen (secondary N) is 2. The fourth-order valence-corrected chi connectivity index (χ4v) is 3.48. The van der Waals surface area contributed by atoms with Crippen molar-refractivity contribution in [3.05, 3.63) is 11.8 Å². The average Bonchev–Trinajstić information content (AvgIpc) is 3.05. The Bertz CT molecular complexity index is 514. The van der Waals surface area contributed by atoms with Crippen LogP contribution in [0.2, 0.25) is 0 Å². The van der Waals surface area contributed by atoms with Gasteiger partial charge in [0.05, 0.1) is 18.9 Å². The normalized spacial score (nSPS) is 21.9. The summed E-state index contributed by atoms with van der Waals surface area (Å²) >= 11 is 0. The Hall–Kier alpha value is -1.44. The third kappa shape index (κ3) is 5.80. The molecule has 3 rings (SSSR count). The molecule has 0 saturated carbocycles. The molecule has 2 aliphatic rings. The summed E-state index contributed by atoms with van der Waals surface area (Å²) in [5, 5.41) is 15.6. The SMILES string of the molecule is OCCNc1nc(NCCN2CCCCCC2)cc([C@@H]2CCOC2)n1. The topological polar surface area (TPSA) is 82.5 Å². The first-order valence-electron chi connectivity index (χ1n) is 9.63. The van der Waals surface area contributed by atoms with Gasteiger partial charge in [-0.15, -0.1) is 0 Å². The molecule has 0 aliphatic carbocycles. The Morgan fingerprint density at radius 2 is 1.96 bits per heavy atom. The maximum absolute atomic E-state index is 9.03. The van der Waals surface area contributed by atoms with Crippen molar-refractivity contribution in [2.24, 2.45) is 0 Å². The molecule has 0 aromatic carbocycles. The smallest absolute Gasteiger partial charge is 0.224 e. The molecule has 2 saturated heterocycles. The maximum Gasteiger partial charge on any atom is 0.224 e. The lowest BCUT2D eigenvalue weighted by molar-refractivity contribution is 0.193. The third-order valence-corrected chi connectivity index (χ3v) is 4.92. The fourth-order valence-electron chi connectivity index (χ4n) is 3.48. The van der Waals surface area contributed by atoms with Crippen LogP contribution in [0.25, 0.3) is 0 Å². The molecule has 7 nitrogen and oxygen atoms in total. The number of likely N-dealkylation sites (tertiary alicyclic amines) is 1. The second-order valence-electron chi connectivity index (χ2n) is 6.90. The zero-order valence-corrected chi connectivity index (χ0v) is 15.0. The van der Waals surface area contributed by atoms with Crippen molar-refractivity contribution < 1.29 is 9.84 Å². The first-order valence-corrected chi connectivity index (χ1v) is 9.63. The van der Waals surface area contributed by atoms with Crippen LogP contribution < -0.4 is 10.6 Å². The lowest BCUT2D eigenvalue weighted by Crippen LogP contribution is -2.30. The molecule has 7 heteroatoms. The van der Waals surface area contributed by atoms with Gasteiger partial charge in [0.2, 0.25) is 5.95 Å². The van der Waals surface area contributed by atoms with Crippen LogP contribution in [-0.2, 0) is 4.74 Å². The Morgan fingerprint density at radius 3 is 2.68 bits per heavy atom. The summed E-state index contributed by atoms with van der Waals surface area (Å²) in [5.41, 5.74) is 1.02. The van der Waals surface area contributed by atoms with E-state index in [1.54, 1.807) is 0 Å². The largest absolute Gasteiger partial charge is 0.395 e. The average molecular weight is 349 g/mol. The van der Waals surface area contributed by atoms with E-state index in [-0.39, 0.29) is 6.61 Å². The number of rotatable bonds is 8. The first kappa shape index (κ1) is 18.4. The molecule has 1 atom stereocenters. The quantitative estimate of drug-likeness (QED) is 0.658. The van der Waals surface area contributed by atoms with E-state index >= 15 is 0 Å². The number of anilines is 2. The van der Waals surface area contributed by atoms with Crippen LogP contribution in [-0.4, -0.2) is 72.5 Å². The van der Waals surface area contributed by atoms with Crippen molar-refractivity contribution in [2.75, 3.05) is 63.2 Å².